The van der Waals surface area contributed by atoms with E-state index in [2.05, 4.69) is 37.9 Å². The predicted octanol–water partition coefficient (Wildman–Crippen LogP) is 1.48. The molecule has 2 heteroatoms. The second-order valence-corrected chi connectivity index (χ2v) is 4.66. The van der Waals surface area contributed by atoms with Crippen molar-refractivity contribution in [3.05, 3.63) is 12.2 Å². The van der Waals surface area contributed by atoms with Crippen LogP contribution >= 0.6 is 0 Å². The van der Waals surface area contributed by atoms with E-state index < -0.39 is 0 Å². The molecule has 1 rings (SSSR count). The van der Waals surface area contributed by atoms with E-state index in [4.69, 9.17) is 5.73 Å². The van der Waals surface area contributed by atoms with Gasteiger partial charge >= 0.3 is 0 Å². The van der Waals surface area contributed by atoms with Gasteiger partial charge in [-0.1, -0.05) is 26.0 Å². The highest BCUT2D eigenvalue weighted by atomic mass is 15.1. The topological polar surface area (TPSA) is 29.3 Å². The van der Waals surface area contributed by atoms with Crippen LogP contribution in [0.3, 0.4) is 0 Å². The first-order valence-electron chi connectivity index (χ1n) is 5.20. The molecule has 0 bridgehead atoms. The Balaban J connectivity index is 2.21. The minimum absolute atomic E-state index is 0.303. The first-order valence-corrected chi connectivity index (χ1v) is 5.20. The Hall–Kier alpha value is -0.340. The zero-order valence-electron chi connectivity index (χ0n) is 9.03. The van der Waals surface area contributed by atoms with Gasteiger partial charge in [-0.3, -0.25) is 0 Å². The molecule has 76 valence electrons. The van der Waals surface area contributed by atoms with Crippen LogP contribution in [0.1, 0.15) is 20.3 Å². The summed E-state index contributed by atoms with van der Waals surface area (Å²) in [5.74, 6) is 1.43. The quantitative estimate of drug-likeness (QED) is 0.667. The summed E-state index contributed by atoms with van der Waals surface area (Å²) in [6.45, 7) is 6.85. The van der Waals surface area contributed by atoms with Gasteiger partial charge in [-0.2, -0.15) is 0 Å². The third-order valence-corrected chi connectivity index (χ3v) is 2.43. The van der Waals surface area contributed by atoms with E-state index in [0.717, 1.165) is 18.9 Å². The van der Waals surface area contributed by atoms with Crippen molar-refractivity contribution < 1.29 is 0 Å². The summed E-state index contributed by atoms with van der Waals surface area (Å²) < 4.78 is 0. The van der Waals surface area contributed by atoms with E-state index in [1.165, 1.54) is 6.54 Å². The van der Waals surface area contributed by atoms with Gasteiger partial charge < -0.3 is 10.6 Å². The molecule has 0 fully saturated rings. The highest BCUT2D eigenvalue weighted by Crippen LogP contribution is 2.17. The zero-order chi connectivity index (χ0) is 9.84. The van der Waals surface area contributed by atoms with Gasteiger partial charge in [0, 0.05) is 19.1 Å². The van der Waals surface area contributed by atoms with Crippen LogP contribution in [0.25, 0.3) is 0 Å². The molecule has 13 heavy (non-hydrogen) atoms. The maximum absolute atomic E-state index is 5.80. The normalized spacial score (nSPS) is 27.8. The minimum Gasteiger partial charge on any atom is -0.324 e. The minimum atomic E-state index is 0.303. The fourth-order valence-electron chi connectivity index (χ4n) is 2.04. The molecular formula is C11H22N2. The highest BCUT2D eigenvalue weighted by Gasteiger charge is 2.17. The standard InChI is InChI=1S/C11H22N2/c1-9(2)7-13(3)8-10-4-5-11(12)6-10/h4-5,9-11H,6-8,12H2,1-3H3. The van der Waals surface area contributed by atoms with E-state index in [1.54, 1.807) is 0 Å². The van der Waals surface area contributed by atoms with E-state index in [0.29, 0.717) is 12.0 Å². The van der Waals surface area contributed by atoms with E-state index in [9.17, 15) is 0 Å². The summed E-state index contributed by atoms with van der Waals surface area (Å²) >= 11 is 0. The largest absolute Gasteiger partial charge is 0.324 e. The molecular weight excluding hydrogens is 160 g/mol. The van der Waals surface area contributed by atoms with Gasteiger partial charge in [0.1, 0.15) is 0 Å². The lowest BCUT2D eigenvalue weighted by Gasteiger charge is -2.22. The smallest absolute Gasteiger partial charge is 0.0229 e. The van der Waals surface area contributed by atoms with Crippen LogP contribution in [0.4, 0.5) is 0 Å². The third kappa shape index (κ3) is 3.92. The summed E-state index contributed by atoms with van der Waals surface area (Å²) in [5.41, 5.74) is 5.80. The number of hydrogen-bond donors (Lipinski definition) is 1. The lowest BCUT2D eigenvalue weighted by molar-refractivity contribution is 0.266. The van der Waals surface area contributed by atoms with Crippen molar-refractivity contribution in [2.24, 2.45) is 17.6 Å². The number of nitrogens with zero attached hydrogens (tertiary/aromatic N) is 1. The van der Waals surface area contributed by atoms with Crippen molar-refractivity contribution in [2.75, 3.05) is 20.1 Å². The molecule has 2 unspecified atom stereocenters. The average molecular weight is 182 g/mol. The molecule has 0 saturated heterocycles. The SMILES string of the molecule is CC(C)CN(C)CC1C=CC(N)C1. The van der Waals surface area contributed by atoms with Crippen molar-refractivity contribution >= 4 is 0 Å². The predicted molar refractivity (Wildman–Crippen MR) is 57.6 cm³/mol. The van der Waals surface area contributed by atoms with Crippen molar-refractivity contribution in [1.82, 2.24) is 4.90 Å². The summed E-state index contributed by atoms with van der Waals surface area (Å²) in [5, 5.41) is 0. The molecule has 0 aromatic heterocycles. The molecule has 2 N–H and O–H groups in total. The molecule has 0 aromatic carbocycles. The first kappa shape index (κ1) is 10.7. The molecule has 0 radical (unpaired) electrons. The Labute approximate surface area is 81.8 Å². The number of rotatable bonds is 4. The van der Waals surface area contributed by atoms with Gasteiger partial charge in [0.05, 0.1) is 0 Å². The van der Waals surface area contributed by atoms with Crippen molar-refractivity contribution in [3.63, 3.8) is 0 Å². The summed E-state index contributed by atoms with van der Waals surface area (Å²) in [6, 6.07) is 0.303. The van der Waals surface area contributed by atoms with Crippen LogP contribution < -0.4 is 5.73 Å². The van der Waals surface area contributed by atoms with Crippen LogP contribution in [0.5, 0.6) is 0 Å². The number of nitrogens with two attached hydrogens (primary N) is 1. The Kier molecular flexibility index (Phi) is 3.94. The van der Waals surface area contributed by atoms with E-state index in [-0.39, 0.29) is 0 Å². The molecule has 2 atom stereocenters. The Morgan fingerprint density at radius 1 is 1.46 bits per heavy atom. The van der Waals surface area contributed by atoms with Gasteiger partial charge in [-0.05, 0) is 25.3 Å². The molecule has 0 heterocycles. The maximum Gasteiger partial charge on any atom is 0.0229 e. The summed E-state index contributed by atoms with van der Waals surface area (Å²) in [6.07, 6.45) is 5.53. The van der Waals surface area contributed by atoms with Crippen LogP contribution in [0.15, 0.2) is 12.2 Å². The molecule has 0 saturated carbocycles. The fraction of sp³-hybridized carbons (Fsp3) is 0.818. The monoisotopic (exact) mass is 182 g/mol. The van der Waals surface area contributed by atoms with Gasteiger partial charge in [-0.15, -0.1) is 0 Å². The van der Waals surface area contributed by atoms with Crippen molar-refractivity contribution in [3.8, 4) is 0 Å². The van der Waals surface area contributed by atoms with Gasteiger partial charge in [0.15, 0.2) is 0 Å². The van der Waals surface area contributed by atoms with Crippen LogP contribution in [-0.4, -0.2) is 31.1 Å². The molecule has 0 amide bonds. The van der Waals surface area contributed by atoms with Gasteiger partial charge in [0.2, 0.25) is 0 Å². The van der Waals surface area contributed by atoms with Crippen LogP contribution in [0.2, 0.25) is 0 Å². The van der Waals surface area contributed by atoms with Crippen LogP contribution in [-0.2, 0) is 0 Å². The molecule has 0 aliphatic heterocycles. The zero-order valence-corrected chi connectivity index (χ0v) is 9.03. The first-order chi connectivity index (χ1) is 6.08. The highest BCUT2D eigenvalue weighted by molar-refractivity contribution is 5.05. The summed E-state index contributed by atoms with van der Waals surface area (Å²) in [4.78, 5) is 2.40. The second-order valence-electron chi connectivity index (χ2n) is 4.66. The third-order valence-electron chi connectivity index (χ3n) is 2.43. The molecule has 0 aromatic rings. The molecule has 1 aliphatic rings. The lowest BCUT2D eigenvalue weighted by atomic mass is 10.1. The second kappa shape index (κ2) is 4.77. The molecule has 1 aliphatic carbocycles. The summed E-state index contributed by atoms with van der Waals surface area (Å²) in [7, 11) is 2.19. The van der Waals surface area contributed by atoms with E-state index >= 15 is 0 Å². The lowest BCUT2D eigenvalue weighted by Crippen LogP contribution is -2.29. The Morgan fingerprint density at radius 3 is 2.62 bits per heavy atom. The fourth-order valence-corrected chi connectivity index (χ4v) is 2.04. The molecule has 2 nitrogen and oxygen atoms in total. The van der Waals surface area contributed by atoms with Crippen molar-refractivity contribution in [2.45, 2.75) is 26.3 Å². The molecule has 0 spiro atoms. The Bertz CT molecular complexity index is 175. The maximum atomic E-state index is 5.80. The van der Waals surface area contributed by atoms with Gasteiger partial charge in [0.25, 0.3) is 0 Å². The Morgan fingerprint density at radius 2 is 2.15 bits per heavy atom. The van der Waals surface area contributed by atoms with Gasteiger partial charge in [-0.25, -0.2) is 0 Å². The van der Waals surface area contributed by atoms with Crippen molar-refractivity contribution in [1.29, 1.82) is 0 Å². The van der Waals surface area contributed by atoms with E-state index in [1.807, 2.05) is 0 Å². The van der Waals surface area contributed by atoms with Crippen LogP contribution in [0, 0.1) is 11.8 Å². The number of hydrogen-bond acceptors (Lipinski definition) is 2. The average Bonchev–Trinajstić information content (AvgIpc) is 2.33.